The Morgan fingerprint density at radius 2 is 1.50 bits per heavy atom. The molecule has 0 rings (SSSR count). The summed E-state index contributed by atoms with van der Waals surface area (Å²) in [6.45, 7) is 9.56. The highest BCUT2D eigenvalue weighted by Gasteiger charge is 2.06. The van der Waals surface area contributed by atoms with Crippen molar-refractivity contribution in [1.29, 1.82) is 0 Å². The Bertz CT molecular complexity index is 139. The molecule has 0 aromatic rings. The summed E-state index contributed by atoms with van der Waals surface area (Å²) in [5, 5.41) is 9.51. The van der Waals surface area contributed by atoms with Gasteiger partial charge in [-0.15, -0.1) is 0 Å². The van der Waals surface area contributed by atoms with E-state index in [-0.39, 0.29) is 6.10 Å². The molecule has 0 aromatic heterocycles. The van der Waals surface area contributed by atoms with E-state index in [1.807, 2.05) is 6.92 Å². The van der Waals surface area contributed by atoms with Crippen molar-refractivity contribution >= 4 is 0 Å². The molecule has 0 saturated heterocycles. The molecule has 1 N–H and O–H groups in total. The molecular formula is C12H26O4. The zero-order chi connectivity index (χ0) is 12.2. The summed E-state index contributed by atoms with van der Waals surface area (Å²) in [6, 6.07) is 0. The van der Waals surface area contributed by atoms with E-state index in [1.54, 1.807) is 0 Å². The molecule has 0 aromatic carbocycles. The standard InChI is InChI=1S/C12H26O4/c1-4-14-5-6-15-7-8-16-10-12(13)9-11(2)3/h11-13H,4-10H2,1-3H3. The summed E-state index contributed by atoms with van der Waals surface area (Å²) in [4.78, 5) is 0. The van der Waals surface area contributed by atoms with Crippen LogP contribution >= 0.6 is 0 Å². The second-order valence-electron chi connectivity index (χ2n) is 4.17. The van der Waals surface area contributed by atoms with Gasteiger partial charge in [0, 0.05) is 6.61 Å². The average molecular weight is 234 g/mol. The lowest BCUT2D eigenvalue weighted by atomic mass is 10.1. The van der Waals surface area contributed by atoms with Gasteiger partial charge in [0.15, 0.2) is 0 Å². The van der Waals surface area contributed by atoms with Crippen molar-refractivity contribution in [1.82, 2.24) is 0 Å². The molecule has 0 spiro atoms. The molecule has 0 aliphatic heterocycles. The quantitative estimate of drug-likeness (QED) is 0.550. The number of aliphatic hydroxyl groups is 1. The topological polar surface area (TPSA) is 47.9 Å². The first-order valence-electron chi connectivity index (χ1n) is 6.08. The van der Waals surface area contributed by atoms with Crippen molar-refractivity contribution in [2.45, 2.75) is 33.3 Å². The van der Waals surface area contributed by atoms with Crippen LogP contribution in [0.2, 0.25) is 0 Å². The molecular weight excluding hydrogens is 208 g/mol. The van der Waals surface area contributed by atoms with E-state index >= 15 is 0 Å². The van der Waals surface area contributed by atoms with Crippen LogP contribution in [0.5, 0.6) is 0 Å². The normalized spacial score (nSPS) is 13.3. The lowest BCUT2D eigenvalue weighted by Crippen LogP contribution is -2.19. The zero-order valence-corrected chi connectivity index (χ0v) is 10.8. The Balaban J connectivity index is 3.08. The Labute approximate surface area is 98.9 Å². The SMILES string of the molecule is CCOCCOCCOCC(O)CC(C)C. The van der Waals surface area contributed by atoms with Crippen molar-refractivity contribution in [3.63, 3.8) is 0 Å². The Kier molecular flexibility index (Phi) is 11.2. The first-order chi connectivity index (χ1) is 7.66. The minimum absolute atomic E-state index is 0.358. The van der Waals surface area contributed by atoms with Crippen molar-refractivity contribution in [2.24, 2.45) is 5.92 Å². The number of ether oxygens (including phenoxy) is 3. The summed E-state index contributed by atoms with van der Waals surface area (Å²) in [7, 11) is 0. The second-order valence-corrected chi connectivity index (χ2v) is 4.17. The fraction of sp³-hybridized carbons (Fsp3) is 1.00. The molecule has 4 nitrogen and oxygen atoms in total. The van der Waals surface area contributed by atoms with Crippen molar-refractivity contribution in [2.75, 3.05) is 39.6 Å². The van der Waals surface area contributed by atoms with E-state index in [0.29, 0.717) is 39.0 Å². The van der Waals surface area contributed by atoms with Crippen LogP contribution < -0.4 is 0 Å². The van der Waals surface area contributed by atoms with Crippen LogP contribution in [0, 0.1) is 5.92 Å². The molecule has 1 atom stereocenters. The minimum Gasteiger partial charge on any atom is -0.391 e. The van der Waals surface area contributed by atoms with Gasteiger partial charge in [0.05, 0.1) is 39.1 Å². The largest absolute Gasteiger partial charge is 0.391 e. The van der Waals surface area contributed by atoms with E-state index in [4.69, 9.17) is 14.2 Å². The number of hydrogen-bond donors (Lipinski definition) is 1. The van der Waals surface area contributed by atoms with Gasteiger partial charge in [0.25, 0.3) is 0 Å². The predicted molar refractivity (Wildman–Crippen MR) is 63.6 cm³/mol. The Hall–Kier alpha value is -0.160. The van der Waals surface area contributed by atoms with Gasteiger partial charge in [-0.25, -0.2) is 0 Å². The van der Waals surface area contributed by atoms with E-state index in [2.05, 4.69) is 13.8 Å². The Morgan fingerprint density at radius 3 is 2.06 bits per heavy atom. The van der Waals surface area contributed by atoms with Gasteiger partial charge in [0.1, 0.15) is 0 Å². The van der Waals surface area contributed by atoms with Gasteiger partial charge in [-0.2, -0.15) is 0 Å². The zero-order valence-electron chi connectivity index (χ0n) is 10.8. The lowest BCUT2D eigenvalue weighted by Gasteiger charge is -2.13. The van der Waals surface area contributed by atoms with Gasteiger partial charge in [0.2, 0.25) is 0 Å². The van der Waals surface area contributed by atoms with Crippen LogP contribution in [-0.2, 0) is 14.2 Å². The van der Waals surface area contributed by atoms with E-state index in [0.717, 1.165) is 13.0 Å². The first kappa shape index (κ1) is 15.8. The van der Waals surface area contributed by atoms with Crippen LogP contribution in [0.3, 0.4) is 0 Å². The van der Waals surface area contributed by atoms with Crippen LogP contribution in [-0.4, -0.2) is 50.9 Å². The molecule has 0 fully saturated rings. The maximum atomic E-state index is 9.51. The summed E-state index contributed by atoms with van der Waals surface area (Å²) < 4.78 is 15.7. The fourth-order valence-corrected chi connectivity index (χ4v) is 1.31. The molecule has 0 heterocycles. The molecule has 0 bridgehead atoms. The third kappa shape index (κ3) is 11.9. The van der Waals surface area contributed by atoms with Crippen LogP contribution in [0.25, 0.3) is 0 Å². The van der Waals surface area contributed by atoms with Gasteiger partial charge < -0.3 is 19.3 Å². The third-order valence-corrected chi connectivity index (χ3v) is 2.00. The number of aliphatic hydroxyl groups excluding tert-OH is 1. The van der Waals surface area contributed by atoms with E-state index < -0.39 is 0 Å². The van der Waals surface area contributed by atoms with E-state index in [1.165, 1.54) is 0 Å². The maximum absolute atomic E-state index is 9.51. The smallest absolute Gasteiger partial charge is 0.0776 e. The highest BCUT2D eigenvalue weighted by Crippen LogP contribution is 2.04. The van der Waals surface area contributed by atoms with E-state index in [9.17, 15) is 5.11 Å². The molecule has 16 heavy (non-hydrogen) atoms. The van der Waals surface area contributed by atoms with Crippen LogP contribution in [0.4, 0.5) is 0 Å². The maximum Gasteiger partial charge on any atom is 0.0776 e. The van der Waals surface area contributed by atoms with Gasteiger partial charge >= 0.3 is 0 Å². The van der Waals surface area contributed by atoms with Crippen LogP contribution in [0.15, 0.2) is 0 Å². The third-order valence-electron chi connectivity index (χ3n) is 2.00. The average Bonchev–Trinajstić information content (AvgIpc) is 2.21. The predicted octanol–water partition coefficient (Wildman–Crippen LogP) is 1.46. The summed E-state index contributed by atoms with van der Waals surface area (Å²) in [5.41, 5.74) is 0. The Morgan fingerprint density at radius 1 is 0.938 bits per heavy atom. The molecule has 0 aliphatic rings. The van der Waals surface area contributed by atoms with Gasteiger partial charge in [-0.05, 0) is 19.3 Å². The molecule has 0 saturated carbocycles. The van der Waals surface area contributed by atoms with Crippen molar-refractivity contribution in [3.8, 4) is 0 Å². The van der Waals surface area contributed by atoms with Crippen LogP contribution in [0.1, 0.15) is 27.2 Å². The summed E-state index contributed by atoms with van der Waals surface area (Å²) in [6.07, 6.45) is 0.425. The second kappa shape index (κ2) is 11.3. The van der Waals surface area contributed by atoms with Crippen molar-refractivity contribution in [3.05, 3.63) is 0 Å². The molecule has 0 radical (unpaired) electrons. The molecule has 0 aliphatic carbocycles. The molecule has 98 valence electrons. The first-order valence-corrected chi connectivity index (χ1v) is 6.08. The highest BCUT2D eigenvalue weighted by atomic mass is 16.5. The summed E-state index contributed by atoms with van der Waals surface area (Å²) in [5.74, 6) is 0.501. The summed E-state index contributed by atoms with van der Waals surface area (Å²) >= 11 is 0. The monoisotopic (exact) mass is 234 g/mol. The molecule has 0 amide bonds. The minimum atomic E-state index is -0.358. The highest BCUT2D eigenvalue weighted by molar-refractivity contribution is 4.56. The van der Waals surface area contributed by atoms with Gasteiger partial charge in [-0.1, -0.05) is 13.8 Å². The lowest BCUT2D eigenvalue weighted by molar-refractivity contribution is -0.0128. The van der Waals surface area contributed by atoms with Gasteiger partial charge in [-0.3, -0.25) is 0 Å². The number of rotatable bonds is 11. The molecule has 1 unspecified atom stereocenters. The fourth-order valence-electron chi connectivity index (χ4n) is 1.31. The number of hydrogen-bond acceptors (Lipinski definition) is 4. The molecule has 4 heteroatoms. The van der Waals surface area contributed by atoms with Crippen molar-refractivity contribution < 1.29 is 19.3 Å².